The van der Waals surface area contributed by atoms with Crippen molar-refractivity contribution in [2.75, 3.05) is 6.61 Å². The topological polar surface area (TPSA) is 9.23 Å². The van der Waals surface area contributed by atoms with Crippen molar-refractivity contribution in [2.45, 2.75) is 6.92 Å². The van der Waals surface area contributed by atoms with Gasteiger partial charge in [-0.25, -0.2) is 13.2 Å². The van der Waals surface area contributed by atoms with Crippen LogP contribution in [0.3, 0.4) is 0 Å². The molecule has 1 nitrogen and oxygen atoms in total. The first kappa shape index (κ1) is 12.7. The Labute approximate surface area is 87.1 Å². The van der Waals surface area contributed by atoms with E-state index in [1.807, 2.05) is 0 Å². The SMILES string of the molecule is CCOc1c(F)cc(F)c([B-](F)(F)F)c1F. The summed E-state index contributed by atoms with van der Waals surface area (Å²) in [7, 11) is 0. The van der Waals surface area contributed by atoms with Gasteiger partial charge in [-0.3, -0.25) is 0 Å². The van der Waals surface area contributed by atoms with Crippen molar-refractivity contribution in [3.05, 3.63) is 23.5 Å². The van der Waals surface area contributed by atoms with E-state index < -0.39 is 35.6 Å². The average molecular weight is 243 g/mol. The highest BCUT2D eigenvalue weighted by molar-refractivity contribution is 6.73. The van der Waals surface area contributed by atoms with Crippen molar-refractivity contribution in [3.63, 3.8) is 0 Å². The van der Waals surface area contributed by atoms with E-state index in [-0.39, 0.29) is 12.7 Å². The Hall–Kier alpha value is -1.34. The van der Waals surface area contributed by atoms with Crippen molar-refractivity contribution in [3.8, 4) is 5.75 Å². The van der Waals surface area contributed by atoms with E-state index in [0.29, 0.717) is 0 Å². The first-order valence-corrected chi connectivity index (χ1v) is 4.29. The van der Waals surface area contributed by atoms with Gasteiger partial charge in [-0.2, -0.15) is 0 Å². The number of hydrogen-bond acceptors (Lipinski definition) is 1. The molecular formula is C8H6BF6O-. The van der Waals surface area contributed by atoms with Gasteiger partial charge < -0.3 is 17.7 Å². The lowest BCUT2D eigenvalue weighted by Gasteiger charge is -2.19. The average Bonchev–Trinajstić information content (AvgIpc) is 2.09. The van der Waals surface area contributed by atoms with Gasteiger partial charge in [0.05, 0.1) is 6.61 Å². The minimum absolute atomic E-state index is 0.0430. The Morgan fingerprint density at radius 3 is 2.12 bits per heavy atom. The molecule has 0 amide bonds. The van der Waals surface area contributed by atoms with Gasteiger partial charge >= 0.3 is 6.98 Å². The maximum atomic E-state index is 13.2. The Balaban J connectivity index is 3.45. The maximum Gasteiger partial charge on any atom is 0.515 e. The Bertz CT molecular complexity index is 402. The third-order valence-corrected chi connectivity index (χ3v) is 1.78. The van der Waals surface area contributed by atoms with Crippen molar-refractivity contribution in [1.82, 2.24) is 0 Å². The zero-order valence-corrected chi connectivity index (χ0v) is 8.04. The zero-order chi connectivity index (χ0) is 12.5. The second-order valence-electron chi connectivity index (χ2n) is 2.90. The van der Waals surface area contributed by atoms with E-state index in [0.717, 1.165) is 0 Å². The highest BCUT2D eigenvalue weighted by Crippen LogP contribution is 2.25. The summed E-state index contributed by atoms with van der Waals surface area (Å²) in [4.78, 5) is 0. The third-order valence-electron chi connectivity index (χ3n) is 1.78. The van der Waals surface area contributed by atoms with Gasteiger partial charge in [0.1, 0.15) is 11.6 Å². The standard InChI is InChI=1S/C8H6BF6O/c1-2-16-8-5(11)3-4(10)6(7(8)12)9(13,14)15/h3H,2H2,1H3/q-1. The van der Waals surface area contributed by atoms with Crippen LogP contribution in [0.25, 0.3) is 0 Å². The largest absolute Gasteiger partial charge is 0.515 e. The van der Waals surface area contributed by atoms with Crippen LogP contribution in [-0.4, -0.2) is 13.6 Å². The molecule has 1 aromatic rings. The van der Waals surface area contributed by atoms with Crippen LogP contribution < -0.4 is 10.2 Å². The molecule has 0 atom stereocenters. The second kappa shape index (κ2) is 4.27. The minimum Gasteiger partial charge on any atom is -0.488 e. The molecule has 0 unspecified atom stereocenters. The fraction of sp³-hybridized carbons (Fsp3) is 0.250. The lowest BCUT2D eigenvalue weighted by atomic mass is 9.79. The molecule has 0 saturated heterocycles. The smallest absolute Gasteiger partial charge is 0.488 e. The monoisotopic (exact) mass is 243 g/mol. The van der Waals surface area contributed by atoms with Crippen LogP contribution in [0, 0.1) is 17.5 Å². The summed E-state index contributed by atoms with van der Waals surface area (Å²) >= 11 is 0. The molecule has 0 saturated carbocycles. The summed E-state index contributed by atoms with van der Waals surface area (Å²) in [6.07, 6.45) is 0. The summed E-state index contributed by atoms with van der Waals surface area (Å²) in [6.45, 7) is -4.80. The molecule has 0 N–H and O–H groups in total. The first-order chi connectivity index (χ1) is 7.29. The molecule has 90 valence electrons. The number of hydrogen-bond donors (Lipinski definition) is 0. The number of halogens is 6. The maximum absolute atomic E-state index is 13.2. The minimum atomic E-state index is -5.90. The van der Waals surface area contributed by atoms with E-state index in [4.69, 9.17) is 0 Å². The summed E-state index contributed by atoms with van der Waals surface area (Å²) in [5.41, 5.74) is -2.09. The van der Waals surface area contributed by atoms with Crippen molar-refractivity contribution in [2.24, 2.45) is 0 Å². The third kappa shape index (κ3) is 2.25. The van der Waals surface area contributed by atoms with Gasteiger partial charge in [-0.05, 0) is 12.4 Å². The number of benzene rings is 1. The molecule has 0 aliphatic rings. The van der Waals surface area contributed by atoms with Gasteiger partial charge in [0.2, 0.25) is 0 Å². The van der Waals surface area contributed by atoms with Gasteiger partial charge in [-0.1, -0.05) is 0 Å². The predicted octanol–water partition coefficient (Wildman–Crippen LogP) is 2.56. The summed E-state index contributed by atoms with van der Waals surface area (Å²) in [5.74, 6) is -6.74. The molecule has 0 bridgehead atoms. The fourth-order valence-electron chi connectivity index (χ4n) is 1.16. The summed E-state index contributed by atoms with van der Waals surface area (Å²) in [5, 5.41) is 0. The molecule has 0 aliphatic heterocycles. The predicted molar refractivity (Wildman–Crippen MR) is 46.2 cm³/mol. The Morgan fingerprint density at radius 1 is 1.12 bits per heavy atom. The molecule has 0 spiro atoms. The molecule has 8 heteroatoms. The number of ether oxygens (including phenoxy) is 1. The van der Waals surface area contributed by atoms with Crippen LogP contribution in [0.1, 0.15) is 6.92 Å². The van der Waals surface area contributed by atoms with Crippen molar-refractivity contribution >= 4 is 12.4 Å². The van der Waals surface area contributed by atoms with E-state index >= 15 is 0 Å². The lowest BCUT2D eigenvalue weighted by molar-refractivity contribution is 0.301. The van der Waals surface area contributed by atoms with Gasteiger partial charge in [0, 0.05) is 6.07 Å². The quantitative estimate of drug-likeness (QED) is 0.585. The molecule has 0 aromatic heterocycles. The van der Waals surface area contributed by atoms with Crippen LogP contribution >= 0.6 is 0 Å². The van der Waals surface area contributed by atoms with Gasteiger partial charge in [0.25, 0.3) is 0 Å². The molecule has 0 radical (unpaired) electrons. The van der Waals surface area contributed by atoms with Gasteiger partial charge in [-0.15, -0.1) is 0 Å². The summed E-state index contributed by atoms with van der Waals surface area (Å²) < 4.78 is 80.0. The zero-order valence-electron chi connectivity index (χ0n) is 8.04. The Kier molecular flexibility index (Phi) is 3.40. The van der Waals surface area contributed by atoms with Crippen LogP contribution in [0.5, 0.6) is 5.75 Å². The normalized spacial score (nSPS) is 11.7. The van der Waals surface area contributed by atoms with Crippen LogP contribution in [0.4, 0.5) is 26.1 Å². The first-order valence-electron chi connectivity index (χ1n) is 4.29. The molecule has 0 fully saturated rings. The molecule has 16 heavy (non-hydrogen) atoms. The van der Waals surface area contributed by atoms with E-state index in [2.05, 4.69) is 4.74 Å². The van der Waals surface area contributed by atoms with Crippen molar-refractivity contribution in [1.29, 1.82) is 0 Å². The van der Waals surface area contributed by atoms with Crippen LogP contribution in [-0.2, 0) is 0 Å². The lowest BCUT2D eigenvalue weighted by Crippen LogP contribution is -2.40. The summed E-state index contributed by atoms with van der Waals surface area (Å²) in [6, 6.07) is -0.0430. The van der Waals surface area contributed by atoms with E-state index in [9.17, 15) is 26.1 Å². The number of rotatable bonds is 3. The van der Waals surface area contributed by atoms with Crippen molar-refractivity contribution < 1.29 is 30.9 Å². The fourth-order valence-corrected chi connectivity index (χ4v) is 1.16. The van der Waals surface area contributed by atoms with Gasteiger partial charge in [0.15, 0.2) is 11.6 Å². The van der Waals surface area contributed by atoms with E-state index in [1.54, 1.807) is 0 Å². The van der Waals surface area contributed by atoms with E-state index in [1.165, 1.54) is 6.92 Å². The second-order valence-corrected chi connectivity index (χ2v) is 2.90. The molecule has 1 aromatic carbocycles. The molecular weight excluding hydrogens is 237 g/mol. The highest BCUT2D eigenvalue weighted by atomic mass is 19.4. The molecule has 1 rings (SSSR count). The van der Waals surface area contributed by atoms with Crippen LogP contribution in [0.15, 0.2) is 6.07 Å². The Morgan fingerprint density at radius 2 is 1.69 bits per heavy atom. The van der Waals surface area contributed by atoms with Crippen LogP contribution in [0.2, 0.25) is 0 Å². The molecule has 0 aliphatic carbocycles. The molecule has 0 heterocycles. The highest BCUT2D eigenvalue weighted by Gasteiger charge is 2.35.